The first-order valence-corrected chi connectivity index (χ1v) is 8.79. The number of benzene rings is 2. The fraction of sp³-hybridized carbons (Fsp3) is 0.294. The lowest BCUT2D eigenvalue weighted by Crippen LogP contribution is -2.17. The Morgan fingerprint density at radius 2 is 1.68 bits per heavy atom. The van der Waals surface area contributed by atoms with E-state index in [0.29, 0.717) is 11.4 Å². The SMILES string of the molecule is CCS(=O)(=O)c1ccc(N(C)Cc2ccccc2OC)cc1. The van der Waals surface area contributed by atoms with E-state index < -0.39 is 9.84 Å². The van der Waals surface area contributed by atoms with Crippen molar-refractivity contribution in [1.29, 1.82) is 0 Å². The standard InChI is InChI=1S/C17H21NO3S/c1-4-22(19,20)16-11-9-15(10-12-16)18(2)13-14-7-5-6-8-17(14)21-3/h5-12H,4,13H2,1-3H3. The Morgan fingerprint density at radius 3 is 2.27 bits per heavy atom. The van der Waals surface area contributed by atoms with Crippen molar-refractivity contribution in [2.45, 2.75) is 18.4 Å². The van der Waals surface area contributed by atoms with Gasteiger partial charge in [0, 0.05) is 24.8 Å². The van der Waals surface area contributed by atoms with E-state index in [9.17, 15) is 8.42 Å². The second-order valence-corrected chi connectivity index (χ2v) is 7.34. The number of rotatable bonds is 6. The maximum absolute atomic E-state index is 11.8. The first-order chi connectivity index (χ1) is 10.5. The Kier molecular flexibility index (Phi) is 5.08. The van der Waals surface area contributed by atoms with Crippen molar-refractivity contribution in [3.63, 3.8) is 0 Å². The highest BCUT2D eigenvalue weighted by Gasteiger charge is 2.12. The lowest BCUT2D eigenvalue weighted by atomic mass is 10.2. The van der Waals surface area contributed by atoms with Gasteiger partial charge in [0.05, 0.1) is 17.8 Å². The van der Waals surface area contributed by atoms with Crippen molar-refractivity contribution in [2.24, 2.45) is 0 Å². The second kappa shape index (κ2) is 6.83. The molecule has 0 amide bonds. The minimum Gasteiger partial charge on any atom is -0.496 e. The molecule has 2 aromatic carbocycles. The lowest BCUT2D eigenvalue weighted by Gasteiger charge is -2.21. The Hall–Kier alpha value is -2.01. The van der Waals surface area contributed by atoms with Crippen molar-refractivity contribution >= 4 is 15.5 Å². The third kappa shape index (κ3) is 3.60. The van der Waals surface area contributed by atoms with E-state index in [1.54, 1.807) is 26.2 Å². The molecule has 2 rings (SSSR count). The molecule has 2 aromatic rings. The average Bonchev–Trinajstić information content (AvgIpc) is 2.55. The highest BCUT2D eigenvalue weighted by Crippen LogP contribution is 2.23. The summed E-state index contributed by atoms with van der Waals surface area (Å²) in [5.74, 6) is 0.961. The number of para-hydroxylation sites is 1. The molecule has 0 aliphatic carbocycles. The van der Waals surface area contributed by atoms with E-state index in [-0.39, 0.29) is 5.75 Å². The molecule has 5 heteroatoms. The van der Waals surface area contributed by atoms with Gasteiger partial charge in [-0.1, -0.05) is 25.1 Å². The molecule has 0 atom stereocenters. The quantitative estimate of drug-likeness (QED) is 0.821. The molecule has 0 aliphatic heterocycles. The highest BCUT2D eigenvalue weighted by atomic mass is 32.2. The van der Waals surface area contributed by atoms with Crippen LogP contribution in [0.15, 0.2) is 53.4 Å². The number of ether oxygens (including phenoxy) is 1. The van der Waals surface area contributed by atoms with Crippen LogP contribution in [0.1, 0.15) is 12.5 Å². The molecule has 0 spiro atoms. The van der Waals surface area contributed by atoms with Crippen LogP contribution in [0.2, 0.25) is 0 Å². The van der Waals surface area contributed by atoms with Crippen LogP contribution in [-0.2, 0) is 16.4 Å². The van der Waals surface area contributed by atoms with Gasteiger partial charge in [0.2, 0.25) is 0 Å². The Bertz CT molecular complexity index is 724. The molecule has 22 heavy (non-hydrogen) atoms. The molecule has 118 valence electrons. The minimum atomic E-state index is -3.15. The van der Waals surface area contributed by atoms with Crippen LogP contribution in [0.4, 0.5) is 5.69 Å². The molecule has 0 fully saturated rings. The van der Waals surface area contributed by atoms with Gasteiger partial charge in [0.15, 0.2) is 9.84 Å². The van der Waals surface area contributed by atoms with Gasteiger partial charge in [0.25, 0.3) is 0 Å². The van der Waals surface area contributed by atoms with Gasteiger partial charge in [-0.25, -0.2) is 8.42 Å². The maximum atomic E-state index is 11.8. The molecule has 0 radical (unpaired) electrons. The lowest BCUT2D eigenvalue weighted by molar-refractivity contribution is 0.409. The summed E-state index contributed by atoms with van der Waals surface area (Å²) >= 11 is 0. The van der Waals surface area contributed by atoms with Gasteiger partial charge in [0.1, 0.15) is 5.75 Å². The zero-order chi connectivity index (χ0) is 16.2. The van der Waals surface area contributed by atoms with Gasteiger partial charge in [-0.2, -0.15) is 0 Å². The predicted octanol–water partition coefficient (Wildman–Crippen LogP) is 3.13. The average molecular weight is 319 g/mol. The predicted molar refractivity (Wildman–Crippen MR) is 89.3 cm³/mol. The number of nitrogens with zero attached hydrogens (tertiary/aromatic N) is 1. The van der Waals surface area contributed by atoms with Crippen molar-refractivity contribution in [1.82, 2.24) is 0 Å². The van der Waals surface area contributed by atoms with Crippen LogP contribution in [0, 0.1) is 0 Å². The first kappa shape index (κ1) is 16.4. The highest BCUT2D eigenvalue weighted by molar-refractivity contribution is 7.91. The molecular formula is C17H21NO3S. The Labute approximate surface area is 132 Å². The number of methoxy groups -OCH3 is 1. The van der Waals surface area contributed by atoms with E-state index in [2.05, 4.69) is 4.90 Å². The van der Waals surface area contributed by atoms with E-state index in [0.717, 1.165) is 17.0 Å². The van der Waals surface area contributed by atoms with E-state index in [1.165, 1.54) is 0 Å². The molecule has 0 heterocycles. The van der Waals surface area contributed by atoms with Crippen molar-refractivity contribution in [3.05, 3.63) is 54.1 Å². The van der Waals surface area contributed by atoms with Gasteiger partial charge < -0.3 is 9.64 Å². The third-order valence-corrected chi connectivity index (χ3v) is 5.37. The number of hydrogen-bond donors (Lipinski definition) is 0. The van der Waals surface area contributed by atoms with Gasteiger partial charge in [-0.3, -0.25) is 0 Å². The van der Waals surface area contributed by atoms with Crippen LogP contribution in [0.3, 0.4) is 0 Å². The normalized spacial score (nSPS) is 11.2. The molecular weight excluding hydrogens is 298 g/mol. The van der Waals surface area contributed by atoms with Crippen LogP contribution >= 0.6 is 0 Å². The van der Waals surface area contributed by atoms with E-state index >= 15 is 0 Å². The summed E-state index contributed by atoms with van der Waals surface area (Å²) in [7, 11) is 0.475. The summed E-state index contributed by atoms with van der Waals surface area (Å²) in [6.07, 6.45) is 0. The first-order valence-electron chi connectivity index (χ1n) is 7.13. The maximum Gasteiger partial charge on any atom is 0.178 e. The number of anilines is 1. The van der Waals surface area contributed by atoms with Crippen LogP contribution in [0.5, 0.6) is 5.75 Å². The minimum absolute atomic E-state index is 0.114. The number of sulfone groups is 1. The summed E-state index contributed by atoms with van der Waals surface area (Å²) in [6.45, 7) is 2.33. The fourth-order valence-electron chi connectivity index (χ4n) is 2.26. The van der Waals surface area contributed by atoms with Crippen LogP contribution in [0.25, 0.3) is 0 Å². The molecule has 0 aliphatic rings. The summed E-state index contributed by atoms with van der Waals surface area (Å²) in [4.78, 5) is 2.42. The van der Waals surface area contributed by atoms with E-state index in [4.69, 9.17) is 4.74 Å². The summed E-state index contributed by atoms with van der Waals surface area (Å²) in [6, 6.07) is 14.8. The van der Waals surface area contributed by atoms with Gasteiger partial charge in [-0.15, -0.1) is 0 Å². The van der Waals surface area contributed by atoms with Crippen LogP contribution < -0.4 is 9.64 Å². The zero-order valence-corrected chi connectivity index (χ0v) is 13.9. The van der Waals surface area contributed by atoms with Crippen molar-refractivity contribution in [2.75, 3.05) is 24.8 Å². The second-order valence-electron chi connectivity index (χ2n) is 5.07. The molecule has 0 aromatic heterocycles. The van der Waals surface area contributed by atoms with Crippen molar-refractivity contribution < 1.29 is 13.2 Å². The summed E-state index contributed by atoms with van der Waals surface area (Å²) in [5, 5.41) is 0. The van der Waals surface area contributed by atoms with Gasteiger partial charge in [-0.05, 0) is 30.3 Å². The molecule has 0 bridgehead atoms. The Morgan fingerprint density at radius 1 is 1.05 bits per heavy atom. The van der Waals surface area contributed by atoms with Crippen LogP contribution in [-0.4, -0.2) is 28.3 Å². The van der Waals surface area contributed by atoms with Crippen molar-refractivity contribution in [3.8, 4) is 5.75 Å². The largest absolute Gasteiger partial charge is 0.496 e. The molecule has 4 nitrogen and oxygen atoms in total. The fourth-order valence-corrected chi connectivity index (χ4v) is 3.14. The van der Waals surface area contributed by atoms with Gasteiger partial charge >= 0.3 is 0 Å². The monoisotopic (exact) mass is 319 g/mol. The number of hydrogen-bond acceptors (Lipinski definition) is 4. The zero-order valence-electron chi connectivity index (χ0n) is 13.1. The summed E-state index contributed by atoms with van der Waals surface area (Å²) < 4.78 is 29.0. The molecule has 0 N–H and O–H groups in total. The third-order valence-electron chi connectivity index (χ3n) is 3.62. The van der Waals surface area contributed by atoms with E-state index in [1.807, 2.05) is 43.4 Å². The summed E-state index contributed by atoms with van der Waals surface area (Å²) in [5.41, 5.74) is 2.04. The molecule has 0 unspecified atom stereocenters. The molecule has 0 saturated heterocycles. The molecule has 0 saturated carbocycles. The Balaban J connectivity index is 2.18. The topological polar surface area (TPSA) is 46.6 Å². The smallest absolute Gasteiger partial charge is 0.178 e.